The molecule has 1 unspecified atom stereocenters. The van der Waals surface area contributed by atoms with E-state index in [-0.39, 0.29) is 0 Å². The van der Waals surface area contributed by atoms with Gasteiger partial charge in [-0.05, 0) is 37.3 Å². The Morgan fingerprint density at radius 3 is 2.45 bits per heavy atom. The Balaban J connectivity index is 1.43. The molecule has 1 atom stereocenters. The number of rotatable bonds is 5. The van der Waals surface area contributed by atoms with Crippen molar-refractivity contribution in [2.24, 2.45) is 0 Å². The summed E-state index contributed by atoms with van der Waals surface area (Å²) in [7, 11) is -3.78. The number of benzene rings is 3. The van der Waals surface area contributed by atoms with Gasteiger partial charge in [0, 0.05) is 28.6 Å². The minimum absolute atomic E-state index is 0.317. The van der Waals surface area contributed by atoms with Crippen LogP contribution in [0, 0.1) is 0 Å². The fraction of sp³-hybridized carbons (Fsp3) is 0.208. The van der Waals surface area contributed by atoms with Gasteiger partial charge in [0.15, 0.2) is 11.5 Å². The summed E-state index contributed by atoms with van der Waals surface area (Å²) in [5.74, 6) is 0.496. The van der Waals surface area contributed by atoms with E-state index < -0.39 is 22.0 Å². The summed E-state index contributed by atoms with van der Waals surface area (Å²) in [4.78, 5) is 13.1. The zero-order valence-electron chi connectivity index (χ0n) is 18.1. The SMILES string of the molecule is CC(C(=O)Nc1ccc2c(c1)oc1ccccc12)N(c1ccc2c(c1)OCCO2)S(C)(=O)=O. The van der Waals surface area contributed by atoms with E-state index in [0.717, 1.165) is 26.9 Å². The number of amides is 1. The number of carbonyl (C=O) groups excluding carboxylic acids is 1. The third-order valence-corrected chi connectivity index (χ3v) is 6.76. The van der Waals surface area contributed by atoms with Gasteiger partial charge in [-0.15, -0.1) is 0 Å². The van der Waals surface area contributed by atoms with E-state index in [9.17, 15) is 13.2 Å². The molecule has 2 heterocycles. The van der Waals surface area contributed by atoms with Gasteiger partial charge < -0.3 is 19.2 Å². The van der Waals surface area contributed by atoms with Crippen molar-refractivity contribution >= 4 is 49.2 Å². The topological polar surface area (TPSA) is 98.1 Å². The van der Waals surface area contributed by atoms with Crippen molar-refractivity contribution in [1.82, 2.24) is 0 Å². The van der Waals surface area contributed by atoms with Crippen LogP contribution in [0.5, 0.6) is 11.5 Å². The van der Waals surface area contributed by atoms with Gasteiger partial charge in [0.2, 0.25) is 15.9 Å². The van der Waals surface area contributed by atoms with Crippen LogP contribution in [-0.2, 0) is 14.8 Å². The van der Waals surface area contributed by atoms with Gasteiger partial charge in [-0.3, -0.25) is 9.10 Å². The molecule has 1 N–H and O–H groups in total. The van der Waals surface area contributed by atoms with Crippen LogP contribution in [0.15, 0.2) is 65.1 Å². The summed E-state index contributed by atoms with van der Waals surface area (Å²) in [6.45, 7) is 2.33. The maximum Gasteiger partial charge on any atom is 0.247 e. The maximum absolute atomic E-state index is 13.1. The second-order valence-corrected chi connectivity index (χ2v) is 9.72. The summed E-state index contributed by atoms with van der Waals surface area (Å²) in [5.41, 5.74) is 2.21. The molecule has 33 heavy (non-hydrogen) atoms. The van der Waals surface area contributed by atoms with E-state index >= 15 is 0 Å². The lowest BCUT2D eigenvalue weighted by Gasteiger charge is -2.29. The van der Waals surface area contributed by atoms with Crippen LogP contribution >= 0.6 is 0 Å². The molecule has 0 spiro atoms. The van der Waals surface area contributed by atoms with E-state index in [4.69, 9.17) is 13.9 Å². The van der Waals surface area contributed by atoms with Crippen LogP contribution in [-0.4, -0.2) is 39.8 Å². The van der Waals surface area contributed by atoms with Crippen molar-refractivity contribution in [1.29, 1.82) is 0 Å². The predicted octanol–water partition coefficient (Wildman–Crippen LogP) is 4.15. The molecule has 170 valence electrons. The first-order chi connectivity index (χ1) is 15.8. The Morgan fingerprint density at radius 2 is 1.67 bits per heavy atom. The number of anilines is 2. The van der Waals surface area contributed by atoms with Crippen LogP contribution in [0.4, 0.5) is 11.4 Å². The first kappa shape index (κ1) is 21.1. The van der Waals surface area contributed by atoms with Gasteiger partial charge in [-0.25, -0.2) is 8.42 Å². The molecular weight excluding hydrogens is 444 g/mol. The van der Waals surface area contributed by atoms with Crippen molar-refractivity contribution in [2.45, 2.75) is 13.0 Å². The van der Waals surface area contributed by atoms with Gasteiger partial charge in [-0.1, -0.05) is 18.2 Å². The van der Waals surface area contributed by atoms with E-state index in [1.54, 1.807) is 30.3 Å². The van der Waals surface area contributed by atoms with Crippen molar-refractivity contribution in [3.8, 4) is 11.5 Å². The number of ether oxygens (including phenoxy) is 2. The number of hydrogen-bond acceptors (Lipinski definition) is 6. The Bertz CT molecular complexity index is 1480. The lowest BCUT2D eigenvalue weighted by Crippen LogP contribution is -2.45. The van der Waals surface area contributed by atoms with Gasteiger partial charge in [0.1, 0.15) is 30.4 Å². The van der Waals surface area contributed by atoms with Crippen LogP contribution in [0.2, 0.25) is 0 Å². The molecule has 0 radical (unpaired) electrons. The first-order valence-corrected chi connectivity index (χ1v) is 12.3. The molecule has 5 rings (SSSR count). The Hall–Kier alpha value is -3.72. The number of nitrogens with zero attached hydrogens (tertiary/aromatic N) is 1. The molecule has 0 saturated carbocycles. The molecule has 1 amide bonds. The van der Waals surface area contributed by atoms with E-state index in [2.05, 4.69) is 5.32 Å². The third-order valence-electron chi connectivity index (χ3n) is 5.52. The number of para-hydroxylation sites is 1. The van der Waals surface area contributed by atoms with E-state index in [1.807, 2.05) is 30.3 Å². The van der Waals surface area contributed by atoms with Crippen molar-refractivity contribution in [2.75, 3.05) is 29.1 Å². The zero-order valence-corrected chi connectivity index (χ0v) is 18.9. The molecule has 0 saturated heterocycles. The Kier molecular flexibility index (Phi) is 5.13. The molecule has 1 aliphatic rings. The summed E-state index contributed by atoms with van der Waals surface area (Å²) in [6, 6.07) is 16.8. The highest BCUT2D eigenvalue weighted by atomic mass is 32.2. The van der Waals surface area contributed by atoms with E-state index in [1.165, 1.54) is 6.92 Å². The molecule has 0 bridgehead atoms. The summed E-state index contributed by atoms with van der Waals surface area (Å²) < 4.78 is 43.3. The second kappa shape index (κ2) is 8.00. The van der Waals surface area contributed by atoms with Gasteiger partial charge in [0.25, 0.3) is 0 Å². The molecule has 3 aromatic carbocycles. The van der Waals surface area contributed by atoms with Crippen LogP contribution in [0.25, 0.3) is 21.9 Å². The molecule has 0 aliphatic carbocycles. The number of hydrogen-bond donors (Lipinski definition) is 1. The van der Waals surface area contributed by atoms with Crippen molar-refractivity contribution < 1.29 is 27.1 Å². The summed E-state index contributed by atoms with van der Waals surface area (Å²) in [5, 5.41) is 4.72. The largest absolute Gasteiger partial charge is 0.486 e. The molecule has 0 fully saturated rings. The molecule has 1 aromatic heterocycles. The Labute approximate surface area is 190 Å². The zero-order chi connectivity index (χ0) is 23.2. The number of furan rings is 1. The van der Waals surface area contributed by atoms with Gasteiger partial charge in [0.05, 0.1) is 11.9 Å². The first-order valence-electron chi connectivity index (χ1n) is 10.4. The molecule has 9 heteroatoms. The fourth-order valence-corrected chi connectivity index (χ4v) is 5.19. The number of sulfonamides is 1. The van der Waals surface area contributed by atoms with E-state index in [0.29, 0.717) is 41.7 Å². The highest BCUT2D eigenvalue weighted by Gasteiger charge is 2.30. The highest BCUT2D eigenvalue weighted by Crippen LogP contribution is 2.36. The lowest BCUT2D eigenvalue weighted by atomic mass is 10.1. The molecule has 8 nitrogen and oxygen atoms in total. The third kappa shape index (κ3) is 3.95. The predicted molar refractivity (Wildman–Crippen MR) is 127 cm³/mol. The number of carbonyl (C=O) groups is 1. The second-order valence-electron chi connectivity index (χ2n) is 7.86. The summed E-state index contributed by atoms with van der Waals surface area (Å²) in [6.07, 6.45) is 1.06. The maximum atomic E-state index is 13.1. The minimum Gasteiger partial charge on any atom is -0.486 e. The van der Waals surface area contributed by atoms with Crippen LogP contribution in [0.3, 0.4) is 0 Å². The van der Waals surface area contributed by atoms with Crippen LogP contribution < -0.4 is 19.1 Å². The fourth-order valence-electron chi connectivity index (χ4n) is 4.03. The average molecular weight is 467 g/mol. The van der Waals surface area contributed by atoms with Gasteiger partial charge >= 0.3 is 0 Å². The lowest BCUT2D eigenvalue weighted by molar-refractivity contribution is -0.116. The van der Waals surface area contributed by atoms with Crippen molar-refractivity contribution in [3.63, 3.8) is 0 Å². The smallest absolute Gasteiger partial charge is 0.247 e. The minimum atomic E-state index is -3.78. The quantitative estimate of drug-likeness (QED) is 0.475. The van der Waals surface area contributed by atoms with Gasteiger partial charge in [-0.2, -0.15) is 0 Å². The molecular formula is C24H22N2O6S. The summed E-state index contributed by atoms with van der Waals surface area (Å²) >= 11 is 0. The number of fused-ring (bicyclic) bond motifs is 4. The Morgan fingerprint density at radius 1 is 0.939 bits per heavy atom. The van der Waals surface area contributed by atoms with Crippen LogP contribution in [0.1, 0.15) is 6.92 Å². The average Bonchev–Trinajstić information content (AvgIpc) is 3.16. The normalized spacial score (nSPS) is 14.2. The molecule has 4 aromatic rings. The highest BCUT2D eigenvalue weighted by molar-refractivity contribution is 7.92. The monoisotopic (exact) mass is 466 g/mol. The number of nitrogens with one attached hydrogen (secondary N) is 1. The molecule has 1 aliphatic heterocycles. The van der Waals surface area contributed by atoms with Crippen molar-refractivity contribution in [3.05, 3.63) is 60.7 Å². The standard InChI is InChI=1S/C24H22N2O6S/c1-15(26(33(2,28)29)17-8-10-21-23(14-17)31-12-11-30-21)24(27)25-16-7-9-19-18-5-3-4-6-20(18)32-22(19)13-16/h3-10,13-15H,11-12H2,1-2H3,(H,25,27).